The van der Waals surface area contributed by atoms with Gasteiger partial charge in [-0.15, -0.1) is 0 Å². The largest absolute Gasteiger partial charge is 0.393 e. The van der Waals surface area contributed by atoms with Gasteiger partial charge >= 0.3 is 0 Å². The van der Waals surface area contributed by atoms with Crippen LogP contribution in [0.5, 0.6) is 0 Å². The van der Waals surface area contributed by atoms with Crippen molar-refractivity contribution < 1.29 is 5.11 Å². The zero-order valence-corrected chi connectivity index (χ0v) is 14.7. The van der Waals surface area contributed by atoms with Crippen molar-refractivity contribution in [3.05, 3.63) is 11.1 Å². The van der Waals surface area contributed by atoms with Gasteiger partial charge in [-0.05, 0) is 87.4 Å². The Kier molecular flexibility index (Phi) is 4.01. The van der Waals surface area contributed by atoms with E-state index < -0.39 is 0 Å². The van der Waals surface area contributed by atoms with Crippen molar-refractivity contribution in [2.75, 3.05) is 0 Å². The third-order valence-electron chi connectivity index (χ3n) is 7.38. The van der Waals surface area contributed by atoms with Gasteiger partial charge < -0.3 is 5.11 Å². The molecule has 1 heteroatoms. The number of hydrogen-bond acceptors (Lipinski definition) is 1. The minimum absolute atomic E-state index is 0.0560. The Balaban J connectivity index is 1.92. The van der Waals surface area contributed by atoms with E-state index in [1.807, 2.05) is 0 Å². The van der Waals surface area contributed by atoms with Gasteiger partial charge in [-0.1, -0.05) is 31.9 Å². The van der Waals surface area contributed by atoms with Crippen molar-refractivity contribution in [2.45, 2.75) is 79.2 Å². The second-order valence-corrected chi connectivity index (χ2v) is 8.98. The van der Waals surface area contributed by atoms with E-state index in [1.54, 1.807) is 11.1 Å². The Morgan fingerprint density at radius 3 is 2.62 bits per heavy atom. The van der Waals surface area contributed by atoms with Crippen LogP contribution in [0.15, 0.2) is 11.1 Å². The van der Waals surface area contributed by atoms with Gasteiger partial charge in [-0.25, -0.2) is 0 Å². The highest BCUT2D eigenvalue weighted by atomic mass is 16.3. The zero-order valence-electron chi connectivity index (χ0n) is 14.7. The van der Waals surface area contributed by atoms with Gasteiger partial charge in [0.25, 0.3) is 0 Å². The molecule has 2 saturated carbocycles. The Labute approximate surface area is 131 Å². The predicted molar refractivity (Wildman–Crippen MR) is 89.0 cm³/mol. The fourth-order valence-corrected chi connectivity index (χ4v) is 6.23. The van der Waals surface area contributed by atoms with Crippen LogP contribution in [0.3, 0.4) is 0 Å². The van der Waals surface area contributed by atoms with Gasteiger partial charge in [0.05, 0.1) is 6.10 Å². The average Bonchev–Trinajstić information content (AvgIpc) is 2.65. The molecule has 6 atom stereocenters. The molecule has 0 saturated heterocycles. The number of hydrogen-bond donors (Lipinski definition) is 1. The topological polar surface area (TPSA) is 20.2 Å². The molecule has 3 aliphatic carbocycles. The lowest BCUT2D eigenvalue weighted by atomic mass is 9.54. The smallest absolute Gasteiger partial charge is 0.0599 e. The summed E-state index contributed by atoms with van der Waals surface area (Å²) in [4.78, 5) is 0. The van der Waals surface area contributed by atoms with Gasteiger partial charge in [-0.3, -0.25) is 0 Å². The van der Waals surface area contributed by atoms with Gasteiger partial charge in [0.2, 0.25) is 0 Å². The molecule has 2 fully saturated rings. The summed E-state index contributed by atoms with van der Waals surface area (Å²) in [6.45, 7) is 11.8. The summed E-state index contributed by atoms with van der Waals surface area (Å²) >= 11 is 0. The van der Waals surface area contributed by atoms with Gasteiger partial charge in [-0.2, -0.15) is 0 Å². The molecule has 0 spiro atoms. The molecule has 0 aromatic carbocycles. The second kappa shape index (κ2) is 5.41. The Bertz CT molecular complexity index is 435. The lowest BCUT2D eigenvalue weighted by Crippen LogP contribution is -2.46. The quantitative estimate of drug-likeness (QED) is 0.694. The van der Waals surface area contributed by atoms with Crippen LogP contribution >= 0.6 is 0 Å². The summed E-state index contributed by atoms with van der Waals surface area (Å²) in [6.07, 6.45) is 7.52. The van der Waals surface area contributed by atoms with E-state index in [0.29, 0.717) is 0 Å². The van der Waals surface area contributed by atoms with Crippen LogP contribution in [-0.4, -0.2) is 11.2 Å². The minimum atomic E-state index is -0.0560. The van der Waals surface area contributed by atoms with Crippen molar-refractivity contribution in [1.29, 1.82) is 0 Å². The van der Waals surface area contributed by atoms with Gasteiger partial charge in [0, 0.05) is 0 Å². The molecular formula is C20H34O. The van der Waals surface area contributed by atoms with Crippen molar-refractivity contribution in [3.63, 3.8) is 0 Å². The Hall–Kier alpha value is -0.300. The Morgan fingerprint density at radius 1 is 1.24 bits per heavy atom. The molecule has 3 rings (SSSR count). The van der Waals surface area contributed by atoms with Crippen LogP contribution in [0.2, 0.25) is 0 Å². The first kappa shape index (κ1) is 15.6. The first-order valence-corrected chi connectivity index (χ1v) is 9.19. The summed E-state index contributed by atoms with van der Waals surface area (Å²) in [7, 11) is 0. The first-order valence-electron chi connectivity index (χ1n) is 9.19. The summed E-state index contributed by atoms with van der Waals surface area (Å²) in [5.41, 5.74) is 3.54. The maximum Gasteiger partial charge on any atom is 0.0599 e. The van der Waals surface area contributed by atoms with E-state index in [0.717, 1.165) is 36.0 Å². The van der Waals surface area contributed by atoms with Crippen LogP contribution < -0.4 is 0 Å². The fourth-order valence-electron chi connectivity index (χ4n) is 6.23. The van der Waals surface area contributed by atoms with E-state index in [9.17, 15) is 5.11 Å². The van der Waals surface area contributed by atoms with Crippen molar-refractivity contribution in [1.82, 2.24) is 0 Å². The van der Waals surface area contributed by atoms with E-state index >= 15 is 0 Å². The van der Waals surface area contributed by atoms with Crippen LogP contribution in [0, 0.1) is 35.0 Å². The van der Waals surface area contributed by atoms with E-state index in [-0.39, 0.29) is 11.5 Å². The van der Waals surface area contributed by atoms with E-state index in [1.165, 1.54) is 32.1 Å². The van der Waals surface area contributed by atoms with Gasteiger partial charge in [0.15, 0.2) is 0 Å². The zero-order chi connectivity index (χ0) is 15.4. The predicted octanol–water partition coefficient (Wildman–Crippen LogP) is 5.19. The van der Waals surface area contributed by atoms with Gasteiger partial charge in [0.1, 0.15) is 0 Å². The molecular weight excluding hydrogens is 256 g/mol. The number of allylic oxidation sites excluding steroid dienone is 2. The average molecular weight is 290 g/mol. The maximum atomic E-state index is 10.8. The molecule has 0 bridgehead atoms. The van der Waals surface area contributed by atoms with E-state index in [2.05, 4.69) is 34.6 Å². The van der Waals surface area contributed by atoms with Crippen molar-refractivity contribution in [3.8, 4) is 0 Å². The molecule has 0 aromatic heterocycles. The van der Waals surface area contributed by atoms with Crippen molar-refractivity contribution in [2.24, 2.45) is 35.0 Å². The van der Waals surface area contributed by atoms with Crippen LogP contribution in [0.25, 0.3) is 0 Å². The molecule has 0 aliphatic heterocycles. The van der Waals surface area contributed by atoms with Crippen LogP contribution in [-0.2, 0) is 0 Å². The molecule has 0 amide bonds. The molecule has 3 aliphatic rings. The highest BCUT2D eigenvalue weighted by Gasteiger charge is 2.57. The summed E-state index contributed by atoms with van der Waals surface area (Å²) in [5, 5.41) is 10.8. The van der Waals surface area contributed by atoms with Crippen LogP contribution in [0.1, 0.15) is 73.1 Å². The lowest BCUT2D eigenvalue weighted by Gasteiger charge is -2.51. The van der Waals surface area contributed by atoms with Crippen LogP contribution in [0.4, 0.5) is 0 Å². The first-order chi connectivity index (χ1) is 9.84. The lowest BCUT2D eigenvalue weighted by molar-refractivity contribution is -0.0396. The highest BCUT2D eigenvalue weighted by Crippen LogP contribution is 2.62. The number of rotatable bonds is 2. The Morgan fingerprint density at radius 2 is 1.95 bits per heavy atom. The summed E-state index contributed by atoms with van der Waals surface area (Å²) in [6, 6.07) is 0. The standard InChI is InChI=1S/C20H34O/c1-12(2)10-15-11-18(21)20(5)9-8-16-14(4)13(3)6-7-17(16)19(15)20/h12,15-19,21H,6-11H2,1-5H3. The number of aliphatic hydroxyl groups excluding tert-OH is 1. The molecule has 1 N–H and O–H groups in total. The SMILES string of the molecule is CC1=C(C)C2CCC3(C)C(O)CC(CC(C)C)C3C2CC1. The summed E-state index contributed by atoms with van der Waals surface area (Å²) in [5.74, 6) is 3.93. The molecule has 21 heavy (non-hydrogen) atoms. The van der Waals surface area contributed by atoms with E-state index in [4.69, 9.17) is 0 Å². The van der Waals surface area contributed by atoms with Crippen molar-refractivity contribution >= 4 is 0 Å². The third-order valence-corrected chi connectivity index (χ3v) is 7.38. The molecule has 6 unspecified atom stereocenters. The fraction of sp³-hybridized carbons (Fsp3) is 0.900. The second-order valence-electron chi connectivity index (χ2n) is 8.98. The molecule has 1 nitrogen and oxygen atoms in total. The maximum absolute atomic E-state index is 10.8. The minimum Gasteiger partial charge on any atom is -0.393 e. The third kappa shape index (κ3) is 2.40. The highest BCUT2D eigenvalue weighted by molar-refractivity contribution is 5.22. The molecule has 0 radical (unpaired) electrons. The summed E-state index contributed by atoms with van der Waals surface area (Å²) < 4.78 is 0. The number of aliphatic hydroxyl groups is 1. The molecule has 0 heterocycles. The normalized spacial score (nSPS) is 46.7. The number of fused-ring (bicyclic) bond motifs is 3. The molecule has 120 valence electrons. The molecule has 0 aromatic rings. The monoisotopic (exact) mass is 290 g/mol.